The Labute approximate surface area is 155 Å². The molecule has 0 fully saturated rings. The molecule has 0 spiro atoms. The second kappa shape index (κ2) is 7.98. The van der Waals surface area contributed by atoms with Gasteiger partial charge in [0.2, 0.25) is 0 Å². The van der Waals surface area contributed by atoms with Crippen molar-refractivity contribution in [3.8, 4) is 17.6 Å². The summed E-state index contributed by atoms with van der Waals surface area (Å²) in [6.45, 7) is 2.03. The molecule has 0 aliphatic carbocycles. The molecule has 0 saturated carbocycles. The number of fused-ring (bicyclic) bond motifs is 1. The number of hydrogen-bond acceptors (Lipinski definition) is 4. The van der Waals surface area contributed by atoms with Crippen molar-refractivity contribution in [1.29, 1.82) is 0 Å². The molecular formula is C20H17FN2O2S. The molecule has 0 atom stereocenters. The average molecular weight is 368 g/mol. The van der Waals surface area contributed by atoms with E-state index in [1.54, 1.807) is 35.8 Å². The SMILES string of the molecule is CCC#CCOc1cccc(N(C)C(=O)c2ccc3ncsc3c2)c1F. The smallest absolute Gasteiger partial charge is 0.258 e. The summed E-state index contributed by atoms with van der Waals surface area (Å²) in [6, 6.07) is 9.97. The van der Waals surface area contributed by atoms with Gasteiger partial charge in [0.05, 0.1) is 21.4 Å². The fourth-order valence-electron chi connectivity index (χ4n) is 2.45. The van der Waals surface area contributed by atoms with Gasteiger partial charge < -0.3 is 9.64 Å². The number of hydrogen-bond donors (Lipinski definition) is 0. The molecule has 0 N–H and O–H groups in total. The molecule has 0 radical (unpaired) electrons. The van der Waals surface area contributed by atoms with Gasteiger partial charge in [-0.1, -0.05) is 18.9 Å². The lowest BCUT2D eigenvalue weighted by molar-refractivity contribution is 0.0992. The number of anilines is 1. The van der Waals surface area contributed by atoms with Crippen molar-refractivity contribution in [2.45, 2.75) is 13.3 Å². The molecule has 0 bridgehead atoms. The third-order valence-corrected chi connectivity index (χ3v) is 4.58. The molecule has 3 rings (SSSR count). The van der Waals surface area contributed by atoms with E-state index in [0.717, 1.165) is 10.2 Å². The van der Waals surface area contributed by atoms with Gasteiger partial charge in [0.15, 0.2) is 11.6 Å². The maximum atomic E-state index is 14.7. The quantitative estimate of drug-likeness (QED) is 0.637. The minimum atomic E-state index is -0.583. The molecule has 3 aromatic rings. The highest BCUT2D eigenvalue weighted by Crippen LogP contribution is 2.28. The first-order valence-electron chi connectivity index (χ1n) is 8.10. The molecule has 132 valence electrons. The maximum absolute atomic E-state index is 14.7. The van der Waals surface area contributed by atoms with E-state index in [1.165, 1.54) is 29.4 Å². The van der Waals surface area contributed by atoms with E-state index >= 15 is 0 Å². The van der Waals surface area contributed by atoms with Gasteiger partial charge in [-0.05, 0) is 30.3 Å². The minimum absolute atomic E-state index is 0.0745. The number of benzene rings is 2. The van der Waals surface area contributed by atoms with Gasteiger partial charge in [-0.25, -0.2) is 9.37 Å². The highest BCUT2D eigenvalue weighted by Gasteiger charge is 2.19. The Hall–Kier alpha value is -2.91. The van der Waals surface area contributed by atoms with E-state index in [1.807, 2.05) is 6.92 Å². The van der Waals surface area contributed by atoms with Crippen LogP contribution in [-0.4, -0.2) is 24.5 Å². The number of rotatable bonds is 4. The van der Waals surface area contributed by atoms with Gasteiger partial charge >= 0.3 is 0 Å². The molecular weight excluding hydrogens is 351 g/mol. The molecule has 26 heavy (non-hydrogen) atoms. The number of amides is 1. The molecule has 1 amide bonds. The molecule has 0 aliphatic heterocycles. The number of carbonyl (C=O) groups is 1. The summed E-state index contributed by atoms with van der Waals surface area (Å²) in [5, 5.41) is 0. The van der Waals surface area contributed by atoms with Gasteiger partial charge in [0.25, 0.3) is 5.91 Å². The lowest BCUT2D eigenvalue weighted by atomic mass is 10.1. The Morgan fingerprint density at radius 3 is 2.96 bits per heavy atom. The summed E-state index contributed by atoms with van der Waals surface area (Å²) in [5.74, 6) is 4.85. The summed E-state index contributed by atoms with van der Waals surface area (Å²) >= 11 is 1.46. The van der Waals surface area contributed by atoms with Crippen LogP contribution in [0, 0.1) is 17.7 Å². The molecule has 4 nitrogen and oxygen atoms in total. The number of aromatic nitrogens is 1. The van der Waals surface area contributed by atoms with Crippen LogP contribution < -0.4 is 9.64 Å². The van der Waals surface area contributed by atoms with Crippen molar-refractivity contribution in [3.05, 3.63) is 53.3 Å². The van der Waals surface area contributed by atoms with E-state index < -0.39 is 5.82 Å². The number of ether oxygens (including phenoxy) is 1. The van der Waals surface area contributed by atoms with Crippen LogP contribution >= 0.6 is 11.3 Å². The number of halogens is 1. The fourth-order valence-corrected chi connectivity index (χ4v) is 3.17. The van der Waals surface area contributed by atoms with Crippen LogP contribution in [0.5, 0.6) is 5.75 Å². The predicted molar refractivity (Wildman–Crippen MR) is 102 cm³/mol. The zero-order valence-corrected chi connectivity index (χ0v) is 15.3. The molecule has 6 heteroatoms. The highest BCUT2D eigenvalue weighted by molar-refractivity contribution is 7.16. The summed E-state index contributed by atoms with van der Waals surface area (Å²) < 4.78 is 21.0. The Balaban J connectivity index is 1.84. The Bertz CT molecular complexity index is 1000. The number of thiazole rings is 1. The van der Waals surface area contributed by atoms with E-state index in [4.69, 9.17) is 4.74 Å². The Morgan fingerprint density at radius 1 is 1.31 bits per heavy atom. The van der Waals surface area contributed by atoms with E-state index in [2.05, 4.69) is 16.8 Å². The van der Waals surface area contributed by atoms with E-state index in [9.17, 15) is 9.18 Å². The third-order valence-electron chi connectivity index (χ3n) is 3.79. The van der Waals surface area contributed by atoms with Crippen molar-refractivity contribution < 1.29 is 13.9 Å². The minimum Gasteiger partial charge on any atom is -0.478 e. The first kappa shape index (κ1) is 17.9. The zero-order valence-electron chi connectivity index (χ0n) is 14.5. The molecule has 1 heterocycles. The van der Waals surface area contributed by atoms with E-state index in [0.29, 0.717) is 12.0 Å². The van der Waals surface area contributed by atoms with Crippen LogP contribution in [-0.2, 0) is 0 Å². The van der Waals surface area contributed by atoms with Crippen LogP contribution in [0.25, 0.3) is 10.2 Å². The first-order chi connectivity index (χ1) is 12.6. The Kier molecular flexibility index (Phi) is 5.49. The normalized spacial score (nSPS) is 10.3. The average Bonchev–Trinajstić information content (AvgIpc) is 3.13. The van der Waals surface area contributed by atoms with Crippen molar-refractivity contribution >= 4 is 33.1 Å². The largest absolute Gasteiger partial charge is 0.478 e. The Morgan fingerprint density at radius 2 is 2.15 bits per heavy atom. The van der Waals surface area contributed by atoms with Gasteiger partial charge in [-0.2, -0.15) is 0 Å². The molecule has 1 aromatic heterocycles. The van der Waals surface area contributed by atoms with Gasteiger partial charge in [-0.15, -0.1) is 17.3 Å². The van der Waals surface area contributed by atoms with Crippen LogP contribution in [0.2, 0.25) is 0 Å². The monoisotopic (exact) mass is 368 g/mol. The topological polar surface area (TPSA) is 42.4 Å². The van der Waals surface area contributed by atoms with Crippen molar-refractivity contribution in [1.82, 2.24) is 4.98 Å². The molecule has 0 unspecified atom stereocenters. The summed E-state index contributed by atoms with van der Waals surface area (Å²) in [4.78, 5) is 18.2. The molecule has 2 aromatic carbocycles. The number of carbonyl (C=O) groups excluding carboxylic acids is 1. The summed E-state index contributed by atoms with van der Waals surface area (Å²) in [6.07, 6.45) is 0.716. The van der Waals surface area contributed by atoms with Crippen molar-refractivity contribution in [3.63, 3.8) is 0 Å². The maximum Gasteiger partial charge on any atom is 0.258 e. The van der Waals surface area contributed by atoms with E-state index in [-0.39, 0.29) is 24.0 Å². The van der Waals surface area contributed by atoms with Gasteiger partial charge in [0, 0.05) is 19.0 Å². The summed E-state index contributed by atoms with van der Waals surface area (Å²) in [7, 11) is 1.54. The van der Waals surface area contributed by atoms with Gasteiger partial charge in [-0.3, -0.25) is 4.79 Å². The van der Waals surface area contributed by atoms with Crippen LogP contribution in [0.3, 0.4) is 0 Å². The van der Waals surface area contributed by atoms with Crippen LogP contribution in [0.1, 0.15) is 23.7 Å². The first-order valence-corrected chi connectivity index (χ1v) is 8.98. The fraction of sp³-hybridized carbons (Fsp3) is 0.200. The van der Waals surface area contributed by atoms with Gasteiger partial charge in [0.1, 0.15) is 6.61 Å². The molecule has 0 saturated heterocycles. The standard InChI is InChI=1S/C20H17FN2O2S/c1-3-4-5-11-25-17-8-6-7-16(19(17)21)23(2)20(24)14-9-10-15-18(12-14)26-13-22-15/h6-10,12-13H,3,11H2,1-2H3. The number of nitrogens with zero attached hydrogens (tertiary/aromatic N) is 2. The lowest BCUT2D eigenvalue weighted by Crippen LogP contribution is -2.27. The zero-order chi connectivity index (χ0) is 18.5. The van der Waals surface area contributed by atoms with Crippen LogP contribution in [0.15, 0.2) is 41.9 Å². The molecule has 0 aliphatic rings. The lowest BCUT2D eigenvalue weighted by Gasteiger charge is -2.19. The highest BCUT2D eigenvalue weighted by atomic mass is 32.1. The van der Waals surface area contributed by atoms with Crippen molar-refractivity contribution in [2.24, 2.45) is 0 Å². The van der Waals surface area contributed by atoms with Crippen molar-refractivity contribution in [2.75, 3.05) is 18.6 Å². The summed E-state index contributed by atoms with van der Waals surface area (Å²) in [5.41, 5.74) is 3.19. The second-order valence-electron chi connectivity index (χ2n) is 5.48. The third kappa shape index (κ3) is 3.68. The van der Waals surface area contributed by atoms with Crippen LogP contribution in [0.4, 0.5) is 10.1 Å². The predicted octanol–water partition coefficient (Wildman–Crippen LogP) is 4.50. The second-order valence-corrected chi connectivity index (χ2v) is 6.37.